The first-order chi connectivity index (χ1) is 13.3. The smallest absolute Gasteiger partial charge is 0.395 e. The van der Waals surface area contributed by atoms with Gasteiger partial charge in [0, 0.05) is 11.8 Å². The Morgan fingerprint density at radius 1 is 1.07 bits per heavy atom. The third kappa shape index (κ3) is 3.36. The Morgan fingerprint density at radius 3 is 2.46 bits per heavy atom. The number of carbonyl (C=O) groups excluding carboxylic acids is 1. The molecule has 0 atom stereocenters. The first kappa shape index (κ1) is 17.8. The lowest BCUT2D eigenvalue weighted by Crippen LogP contribution is -2.25. The molecular formula is C20H13F3N2O3. The van der Waals surface area contributed by atoms with E-state index in [4.69, 9.17) is 0 Å². The van der Waals surface area contributed by atoms with E-state index < -0.39 is 18.0 Å². The van der Waals surface area contributed by atoms with Crippen LogP contribution in [0.15, 0.2) is 54.7 Å². The van der Waals surface area contributed by atoms with Crippen LogP contribution >= 0.6 is 0 Å². The van der Waals surface area contributed by atoms with Gasteiger partial charge in [-0.25, -0.2) is 9.37 Å². The lowest BCUT2D eigenvalue weighted by atomic mass is 10.0. The number of hydrogen-bond acceptors (Lipinski definition) is 4. The molecule has 28 heavy (non-hydrogen) atoms. The SMILES string of the molecule is Cc1cc2c(cc1-c1ccc(NC(=O)c3ccccc3F)nc1)OC(F)(F)O2. The number of halogens is 3. The second-order valence-electron chi connectivity index (χ2n) is 6.15. The van der Waals surface area contributed by atoms with Gasteiger partial charge in [-0.3, -0.25) is 4.79 Å². The number of carbonyl (C=O) groups is 1. The predicted molar refractivity (Wildman–Crippen MR) is 95.0 cm³/mol. The Morgan fingerprint density at radius 2 is 1.79 bits per heavy atom. The number of pyridine rings is 1. The molecule has 1 aliphatic heterocycles. The number of fused-ring (bicyclic) bond motifs is 1. The van der Waals surface area contributed by atoms with E-state index in [0.29, 0.717) is 16.7 Å². The second-order valence-corrected chi connectivity index (χ2v) is 6.15. The number of benzene rings is 2. The molecular weight excluding hydrogens is 373 g/mol. The number of nitrogens with one attached hydrogen (secondary N) is 1. The van der Waals surface area contributed by atoms with Crippen LogP contribution in [-0.2, 0) is 0 Å². The lowest BCUT2D eigenvalue weighted by Gasteiger charge is -2.09. The fourth-order valence-electron chi connectivity index (χ4n) is 2.87. The monoisotopic (exact) mass is 386 g/mol. The molecule has 3 aromatic rings. The number of nitrogens with zero attached hydrogens (tertiary/aromatic N) is 1. The molecule has 0 bridgehead atoms. The standard InChI is InChI=1S/C20H13F3N2O3/c1-11-8-16-17(28-20(22,23)27-16)9-14(11)12-6-7-18(24-10-12)25-19(26)13-4-2-3-5-15(13)21/h2-10H,1H3,(H,24,25,26). The van der Waals surface area contributed by atoms with E-state index in [-0.39, 0.29) is 22.9 Å². The minimum atomic E-state index is -3.69. The van der Waals surface area contributed by atoms with Crippen LogP contribution in [0.1, 0.15) is 15.9 Å². The van der Waals surface area contributed by atoms with Crippen LogP contribution in [0.25, 0.3) is 11.1 Å². The zero-order chi connectivity index (χ0) is 19.9. The summed E-state index contributed by atoms with van der Waals surface area (Å²) in [5, 5.41) is 2.51. The van der Waals surface area contributed by atoms with Crippen LogP contribution in [0, 0.1) is 12.7 Å². The fourth-order valence-corrected chi connectivity index (χ4v) is 2.87. The first-order valence-electron chi connectivity index (χ1n) is 8.25. The number of amides is 1. The summed E-state index contributed by atoms with van der Waals surface area (Å²) in [5.74, 6) is -1.14. The van der Waals surface area contributed by atoms with E-state index in [1.807, 2.05) is 0 Å². The molecule has 4 rings (SSSR count). The molecule has 1 N–H and O–H groups in total. The maximum Gasteiger partial charge on any atom is 0.586 e. The molecule has 5 nitrogen and oxygen atoms in total. The van der Waals surface area contributed by atoms with Crippen LogP contribution in [-0.4, -0.2) is 17.2 Å². The van der Waals surface area contributed by atoms with Gasteiger partial charge in [-0.1, -0.05) is 12.1 Å². The van der Waals surface area contributed by atoms with Gasteiger partial charge in [0.15, 0.2) is 11.5 Å². The summed E-state index contributed by atoms with van der Waals surface area (Å²) < 4.78 is 49.0. The van der Waals surface area contributed by atoms with Crippen molar-refractivity contribution in [3.8, 4) is 22.6 Å². The van der Waals surface area contributed by atoms with Gasteiger partial charge in [0.1, 0.15) is 11.6 Å². The molecule has 0 saturated carbocycles. The summed E-state index contributed by atoms with van der Waals surface area (Å²) in [5.41, 5.74) is 1.84. The molecule has 0 fully saturated rings. The van der Waals surface area contributed by atoms with E-state index in [1.165, 1.54) is 42.6 Å². The third-order valence-electron chi connectivity index (χ3n) is 4.18. The molecule has 142 valence electrons. The van der Waals surface area contributed by atoms with Crippen LogP contribution < -0.4 is 14.8 Å². The van der Waals surface area contributed by atoms with Crippen molar-refractivity contribution in [1.82, 2.24) is 4.98 Å². The Bertz CT molecular complexity index is 1070. The maximum absolute atomic E-state index is 13.7. The van der Waals surface area contributed by atoms with Crippen molar-refractivity contribution in [3.05, 3.63) is 71.7 Å². The number of hydrogen-bond donors (Lipinski definition) is 1. The van der Waals surface area contributed by atoms with Crippen LogP contribution in [0.5, 0.6) is 11.5 Å². The third-order valence-corrected chi connectivity index (χ3v) is 4.18. The van der Waals surface area contributed by atoms with E-state index >= 15 is 0 Å². The second kappa shape index (κ2) is 6.56. The van der Waals surface area contributed by atoms with E-state index in [2.05, 4.69) is 19.8 Å². The Labute approximate surface area is 157 Å². The minimum absolute atomic E-state index is 0.0343. The Balaban J connectivity index is 1.56. The average molecular weight is 386 g/mol. The number of ether oxygens (including phenoxy) is 2. The van der Waals surface area contributed by atoms with Crippen molar-refractivity contribution in [2.75, 3.05) is 5.32 Å². The van der Waals surface area contributed by atoms with Crippen molar-refractivity contribution in [3.63, 3.8) is 0 Å². The molecule has 2 heterocycles. The molecule has 0 saturated heterocycles. The highest BCUT2D eigenvalue weighted by atomic mass is 19.3. The Hall–Kier alpha value is -3.55. The zero-order valence-corrected chi connectivity index (χ0v) is 14.5. The molecule has 0 aliphatic carbocycles. The van der Waals surface area contributed by atoms with Gasteiger partial charge >= 0.3 is 6.29 Å². The summed E-state index contributed by atoms with van der Waals surface area (Å²) in [6.45, 7) is 1.74. The lowest BCUT2D eigenvalue weighted by molar-refractivity contribution is -0.286. The van der Waals surface area contributed by atoms with E-state index in [9.17, 15) is 18.0 Å². The Kier molecular flexibility index (Phi) is 4.18. The number of rotatable bonds is 3. The van der Waals surface area contributed by atoms with E-state index in [0.717, 1.165) is 0 Å². The first-order valence-corrected chi connectivity index (χ1v) is 8.25. The molecule has 0 radical (unpaired) electrons. The molecule has 8 heteroatoms. The maximum atomic E-state index is 13.7. The molecule has 0 spiro atoms. The summed E-state index contributed by atoms with van der Waals surface area (Å²) in [6, 6.07) is 11.7. The van der Waals surface area contributed by atoms with Gasteiger partial charge in [-0.2, -0.15) is 0 Å². The van der Waals surface area contributed by atoms with E-state index in [1.54, 1.807) is 19.1 Å². The van der Waals surface area contributed by atoms with Crippen molar-refractivity contribution in [2.45, 2.75) is 13.2 Å². The van der Waals surface area contributed by atoms with Crippen molar-refractivity contribution >= 4 is 11.7 Å². The van der Waals surface area contributed by atoms with Gasteiger partial charge in [-0.15, -0.1) is 8.78 Å². The predicted octanol–water partition coefficient (Wildman–Crippen LogP) is 4.77. The van der Waals surface area contributed by atoms with Crippen molar-refractivity contribution in [1.29, 1.82) is 0 Å². The highest BCUT2D eigenvalue weighted by molar-refractivity contribution is 6.04. The highest BCUT2D eigenvalue weighted by Crippen LogP contribution is 2.44. The normalized spacial score (nSPS) is 14.0. The zero-order valence-electron chi connectivity index (χ0n) is 14.5. The van der Waals surface area contributed by atoms with Gasteiger partial charge in [-0.05, 0) is 54.4 Å². The average Bonchev–Trinajstić information content (AvgIpc) is 2.95. The number of aryl methyl sites for hydroxylation is 1. The summed E-state index contributed by atoms with van der Waals surface area (Å²) in [4.78, 5) is 16.3. The highest BCUT2D eigenvalue weighted by Gasteiger charge is 2.43. The van der Waals surface area contributed by atoms with Crippen LogP contribution in [0.2, 0.25) is 0 Å². The molecule has 0 unspecified atom stereocenters. The molecule has 2 aromatic carbocycles. The fraction of sp³-hybridized carbons (Fsp3) is 0.100. The molecule has 1 amide bonds. The largest absolute Gasteiger partial charge is 0.586 e. The summed E-state index contributed by atoms with van der Waals surface area (Å²) >= 11 is 0. The van der Waals surface area contributed by atoms with Gasteiger partial charge in [0.2, 0.25) is 0 Å². The van der Waals surface area contributed by atoms with Gasteiger partial charge in [0.05, 0.1) is 5.56 Å². The van der Waals surface area contributed by atoms with Crippen LogP contribution in [0.4, 0.5) is 19.0 Å². The molecule has 1 aromatic heterocycles. The summed E-state index contributed by atoms with van der Waals surface area (Å²) in [6.07, 6.45) is -2.22. The topological polar surface area (TPSA) is 60.5 Å². The molecule has 1 aliphatic rings. The van der Waals surface area contributed by atoms with Crippen molar-refractivity contribution < 1.29 is 27.4 Å². The number of alkyl halides is 2. The quantitative estimate of drug-likeness (QED) is 0.705. The number of anilines is 1. The van der Waals surface area contributed by atoms with Crippen LogP contribution in [0.3, 0.4) is 0 Å². The summed E-state index contributed by atoms with van der Waals surface area (Å²) in [7, 11) is 0. The minimum Gasteiger partial charge on any atom is -0.395 e. The van der Waals surface area contributed by atoms with Gasteiger partial charge in [0.25, 0.3) is 5.91 Å². The number of aromatic nitrogens is 1. The van der Waals surface area contributed by atoms with Gasteiger partial charge < -0.3 is 14.8 Å². The van der Waals surface area contributed by atoms with Crippen molar-refractivity contribution in [2.24, 2.45) is 0 Å².